The Balaban J connectivity index is 2.02. The van der Waals surface area contributed by atoms with Crippen LogP contribution in [0.15, 0.2) is 35.3 Å². The van der Waals surface area contributed by atoms with E-state index in [0.29, 0.717) is 12.4 Å². The predicted octanol–water partition coefficient (Wildman–Crippen LogP) is 1.51. The van der Waals surface area contributed by atoms with Crippen molar-refractivity contribution in [2.45, 2.75) is 6.54 Å². The molecule has 102 valence electrons. The molecule has 0 aliphatic rings. The summed E-state index contributed by atoms with van der Waals surface area (Å²) < 4.78 is 28.4. The largest absolute Gasteiger partial charge is 0.444 e. The fourth-order valence-electron chi connectivity index (χ4n) is 1.49. The number of rotatable bonds is 6. The summed E-state index contributed by atoms with van der Waals surface area (Å²) in [5.74, 6) is 0.513. The SMILES string of the molecule is COP(=O)(CC[n+]1ccc(-c2ncco2)cn1)OC. The van der Waals surface area contributed by atoms with Gasteiger partial charge in [0.25, 0.3) is 0 Å². The van der Waals surface area contributed by atoms with E-state index in [4.69, 9.17) is 13.5 Å². The minimum absolute atomic E-state index is 0.260. The summed E-state index contributed by atoms with van der Waals surface area (Å²) in [6, 6.07) is 1.82. The van der Waals surface area contributed by atoms with Crippen molar-refractivity contribution in [2.75, 3.05) is 20.4 Å². The maximum atomic E-state index is 11.9. The van der Waals surface area contributed by atoms with E-state index in [1.807, 2.05) is 6.07 Å². The van der Waals surface area contributed by atoms with Crippen molar-refractivity contribution in [2.24, 2.45) is 0 Å². The zero-order chi connectivity index (χ0) is 13.7. The molecule has 0 saturated carbocycles. The smallest absolute Gasteiger partial charge is 0.336 e. The van der Waals surface area contributed by atoms with Gasteiger partial charge in [0.1, 0.15) is 18.6 Å². The summed E-state index contributed by atoms with van der Waals surface area (Å²) in [5, 5.41) is 4.19. The molecule has 2 rings (SSSR count). The van der Waals surface area contributed by atoms with Crippen molar-refractivity contribution in [3.63, 3.8) is 0 Å². The van der Waals surface area contributed by atoms with Crippen LogP contribution in [-0.2, 0) is 20.2 Å². The normalized spacial score (nSPS) is 11.7. The number of aryl methyl sites for hydroxylation is 1. The molecular formula is C11H15N3O4P+. The Bertz CT molecular complexity index is 548. The van der Waals surface area contributed by atoms with Gasteiger partial charge in [-0.15, -0.1) is 0 Å². The highest BCUT2D eigenvalue weighted by molar-refractivity contribution is 7.53. The van der Waals surface area contributed by atoms with Gasteiger partial charge in [-0.3, -0.25) is 4.57 Å². The van der Waals surface area contributed by atoms with Crippen LogP contribution in [0.1, 0.15) is 0 Å². The molecule has 2 aromatic rings. The fourth-order valence-corrected chi connectivity index (χ4v) is 2.46. The maximum absolute atomic E-state index is 11.9. The van der Waals surface area contributed by atoms with Crippen LogP contribution >= 0.6 is 7.60 Å². The van der Waals surface area contributed by atoms with Gasteiger partial charge in [-0.25, -0.2) is 4.98 Å². The van der Waals surface area contributed by atoms with E-state index in [1.165, 1.54) is 20.5 Å². The second-order valence-electron chi connectivity index (χ2n) is 3.72. The minimum atomic E-state index is -3.00. The third kappa shape index (κ3) is 3.47. The van der Waals surface area contributed by atoms with E-state index in [-0.39, 0.29) is 6.16 Å². The molecule has 0 bridgehead atoms. The van der Waals surface area contributed by atoms with Gasteiger partial charge in [-0.2, -0.15) is 0 Å². The molecule has 0 atom stereocenters. The second kappa shape index (κ2) is 6.06. The molecule has 0 unspecified atom stereocenters. The monoisotopic (exact) mass is 284 g/mol. The van der Waals surface area contributed by atoms with E-state index in [0.717, 1.165) is 5.56 Å². The molecule has 7 nitrogen and oxygen atoms in total. The first-order valence-electron chi connectivity index (χ1n) is 5.63. The molecule has 8 heteroatoms. The van der Waals surface area contributed by atoms with Crippen LogP contribution in [0.4, 0.5) is 0 Å². The van der Waals surface area contributed by atoms with Gasteiger partial charge in [0.2, 0.25) is 5.89 Å². The molecule has 2 heterocycles. The summed E-state index contributed by atoms with van der Waals surface area (Å²) >= 11 is 0. The van der Waals surface area contributed by atoms with Gasteiger partial charge in [-0.05, 0) is 5.10 Å². The first kappa shape index (κ1) is 13.9. The molecule has 19 heavy (non-hydrogen) atoms. The van der Waals surface area contributed by atoms with Gasteiger partial charge in [0.05, 0.1) is 11.8 Å². The van der Waals surface area contributed by atoms with Crippen LogP contribution in [0, 0.1) is 0 Å². The molecule has 0 aliphatic heterocycles. The summed E-state index contributed by atoms with van der Waals surface area (Å²) in [4.78, 5) is 4.03. The molecular weight excluding hydrogens is 269 g/mol. The minimum Gasteiger partial charge on any atom is -0.444 e. The summed E-state index contributed by atoms with van der Waals surface area (Å²) in [6.45, 7) is 0.435. The number of hydrogen-bond acceptors (Lipinski definition) is 6. The average Bonchev–Trinajstić information content (AvgIpc) is 2.99. The molecule has 0 aromatic carbocycles. The molecule has 2 aromatic heterocycles. The van der Waals surface area contributed by atoms with E-state index in [1.54, 1.807) is 23.3 Å². The third-order valence-corrected chi connectivity index (χ3v) is 4.47. The zero-order valence-corrected chi connectivity index (χ0v) is 11.6. The molecule has 0 saturated heterocycles. The van der Waals surface area contributed by atoms with Gasteiger partial charge < -0.3 is 13.5 Å². The van der Waals surface area contributed by atoms with Crippen molar-refractivity contribution >= 4 is 7.60 Å². The van der Waals surface area contributed by atoms with Crippen LogP contribution < -0.4 is 4.68 Å². The Kier molecular flexibility index (Phi) is 4.42. The van der Waals surface area contributed by atoms with E-state index < -0.39 is 7.60 Å². The van der Waals surface area contributed by atoms with Crippen molar-refractivity contribution in [3.8, 4) is 11.5 Å². The molecule has 0 aliphatic carbocycles. The van der Waals surface area contributed by atoms with E-state index in [2.05, 4.69) is 10.1 Å². The quantitative estimate of drug-likeness (QED) is 0.591. The lowest BCUT2D eigenvalue weighted by atomic mass is 10.3. The maximum Gasteiger partial charge on any atom is 0.336 e. The Morgan fingerprint density at radius 1 is 1.42 bits per heavy atom. The predicted molar refractivity (Wildman–Crippen MR) is 66.4 cm³/mol. The number of aromatic nitrogens is 3. The number of nitrogens with zero attached hydrogens (tertiary/aromatic N) is 3. The summed E-state index contributed by atoms with van der Waals surface area (Å²) in [5.41, 5.74) is 0.780. The first-order valence-corrected chi connectivity index (χ1v) is 7.36. The number of hydrogen-bond donors (Lipinski definition) is 0. The Morgan fingerprint density at radius 2 is 2.21 bits per heavy atom. The average molecular weight is 284 g/mol. The third-order valence-electron chi connectivity index (χ3n) is 2.61. The second-order valence-corrected chi connectivity index (χ2v) is 6.11. The van der Waals surface area contributed by atoms with Crippen LogP contribution in [0.5, 0.6) is 0 Å². The topological polar surface area (TPSA) is 78.3 Å². The fraction of sp³-hybridized carbons (Fsp3) is 0.364. The molecule has 0 fully saturated rings. The van der Waals surface area contributed by atoms with Crippen LogP contribution in [0.3, 0.4) is 0 Å². The zero-order valence-electron chi connectivity index (χ0n) is 10.7. The van der Waals surface area contributed by atoms with Gasteiger partial charge in [-0.1, -0.05) is 4.68 Å². The standard InChI is InChI=1S/C11H15N3O4P/c1-16-19(15,17-2)8-6-14-5-3-10(9-13-14)11-12-4-7-18-11/h3-5,7,9H,6,8H2,1-2H3/q+1. The van der Waals surface area contributed by atoms with Crippen LogP contribution in [0.25, 0.3) is 11.5 Å². The van der Waals surface area contributed by atoms with Crippen molar-refractivity contribution in [1.82, 2.24) is 10.1 Å². The summed E-state index contributed by atoms with van der Waals surface area (Å²) in [6.07, 6.45) is 6.73. The number of oxazole rings is 1. The molecule has 0 radical (unpaired) electrons. The molecule has 0 N–H and O–H groups in total. The van der Waals surface area contributed by atoms with Gasteiger partial charge in [0, 0.05) is 20.3 Å². The Labute approximate surface area is 110 Å². The van der Waals surface area contributed by atoms with E-state index in [9.17, 15) is 4.57 Å². The van der Waals surface area contributed by atoms with Gasteiger partial charge in [0.15, 0.2) is 12.7 Å². The Hall–Kier alpha value is -1.56. The van der Waals surface area contributed by atoms with E-state index >= 15 is 0 Å². The lowest BCUT2D eigenvalue weighted by Gasteiger charge is -2.10. The van der Waals surface area contributed by atoms with Crippen molar-refractivity contribution < 1.29 is 22.7 Å². The highest BCUT2D eigenvalue weighted by Gasteiger charge is 2.23. The first-order chi connectivity index (χ1) is 9.17. The lowest BCUT2D eigenvalue weighted by Crippen LogP contribution is -2.39. The van der Waals surface area contributed by atoms with Crippen LogP contribution in [0.2, 0.25) is 0 Å². The lowest BCUT2D eigenvalue weighted by molar-refractivity contribution is -0.750. The molecule has 0 amide bonds. The van der Waals surface area contributed by atoms with Crippen molar-refractivity contribution in [1.29, 1.82) is 0 Å². The summed E-state index contributed by atoms with van der Waals surface area (Å²) in [7, 11) is -0.260. The highest BCUT2D eigenvalue weighted by Crippen LogP contribution is 2.45. The van der Waals surface area contributed by atoms with Crippen molar-refractivity contribution in [3.05, 3.63) is 30.9 Å². The van der Waals surface area contributed by atoms with Gasteiger partial charge >= 0.3 is 7.60 Å². The Morgan fingerprint density at radius 3 is 2.74 bits per heavy atom. The van der Waals surface area contributed by atoms with Crippen LogP contribution in [-0.4, -0.2) is 30.5 Å². The highest BCUT2D eigenvalue weighted by atomic mass is 31.2. The molecule has 0 spiro atoms.